The lowest BCUT2D eigenvalue weighted by Crippen LogP contribution is -2.46. The van der Waals surface area contributed by atoms with E-state index >= 15 is 0 Å². The summed E-state index contributed by atoms with van der Waals surface area (Å²) < 4.78 is 21.4. The first kappa shape index (κ1) is 22.4. The quantitative estimate of drug-likeness (QED) is 0.522. The first-order valence-electron chi connectivity index (χ1n) is 10.9. The number of hydrogen-bond donors (Lipinski definition) is 0. The molecule has 174 valence electrons. The SMILES string of the molecule is O=C(CN1C(=O)S/C(=C/c2cn(Cc3ccccc3F)c3ccccc23)C1=O)N1CCOCC1. The van der Waals surface area contributed by atoms with Crippen molar-refractivity contribution in [2.45, 2.75) is 6.54 Å². The number of carbonyl (C=O) groups is 3. The van der Waals surface area contributed by atoms with Gasteiger partial charge >= 0.3 is 0 Å². The Morgan fingerprint density at radius 2 is 1.79 bits per heavy atom. The molecular formula is C25H22FN3O4S. The zero-order valence-electron chi connectivity index (χ0n) is 18.3. The molecule has 0 atom stereocenters. The molecule has 5 rings (SSSR count). The Morgan fingerprint density at radius 1 is 1.06 bits per heavy atom. The number of carbonyl (C=O) groups excluding carboxylic acids is 3. The van der Waals surface area contributed by atoms with Crippen molar-refractivity contribution in [3.8, 4) is 0 Å². The highest BCUT2D eigenvalue weighted by atomic mass is 32.2. The number of aromatic nitrogens is 1. The van der Waals surface area contributed by atoms with Gasteiger partial charge in [-0.1, -0.05) is 36.4 Å². The molecule has 2 aliphatic heterocycles. The zero-order valence-corrected chi connectivity index (χ0v) is 19.1. The highest BCUT2D eigenvalue weighted by Gasteiger charge is 2.37. The van der Waals surface area contributed by atoms with E-state index < -0.39 is 11.1 Å². The van der Waals surface area contributed by atoms with Crippen LogP contribution in [0.3, 0.4) is 0 Å². The van der Waals surface area contributed by atoms with Crippen LogP contribution in [0.1, 0.15) is 11.1 Å². The molecule has 0 N–H and O–H groups in total. The molecular weight excluding hydrogens is 457 g/mol. The van der Waals surface area contributed by atoms with Gasteiger partial charge in [0, 0.05) is 41.3 Å². The third-order valence-corrected chi connectivity index (χ3v) is 6.84. The second-order valence-corrected chi connectivity index (χ2v) is 9.08. The molecule has 3 amide bonds. The summed E-state index contributed by atoms with van der Waals surface area (Å²) in [5.41, 5.74) is 2.19. The molecule has 0 bridgehead atoms. The fourth-order valence-corrected chi connectivity index (χ4v) is 4.99. The first-order chi connectivity index (χ1) is 16.5. The van der Waals surface area contributed by atoms with Crippen molar-refractivity contribution in [2.24, 2.45) is 0 Å². The van der Waals surface area contributed by atoms with Crippen molar-refractivity contribution in [1.82, 2.24) is 14.4 Å². The molecule has 2 saturated heterocycles. The minimum Gasteiger partial charge on any atom is -0.378 e. The smallest absolute Gasteiger partial charge is 0.294 e. The molecule has 0 aliphatic carbocycles. The molecule has 7 nitrogen and oxygen atoms in total. The van der Waals surface area contributed by atoms with Gasteiger partial charge in [0.15, 0.2) is 0 Å². The maximum Gasteiger partial charge on any atom is 0.294 e. The van der Waals surface area contributed by atoms with E-state index in [1.807, 2.05) is 35.0 Å². The van der Waals surface area contributed by atoms with E-state index in [2.05, 4.69) is 0 Å². The van der Waals surface area contributed by atoms with Gasteiger partial charge in [0.2, 0.25) is 5.91 Å². The van der Waals surface area contributed by atoms with Crippen LogP contribution in [-0.4, -0.2) is 64.3 Å². The van der Waals surface area contributed by atoms with Gasteiger partial charge in [-0.25, -0.2) is 4.39 Å². The number of hydrogen-bond acceptors (Lipinski definition) is 5. The number of morpholine rings is 1. The van der Waals surface area contributed by atoms with Crippen LogP contribution in [0.15, 0.2) is 59.6 Å². The van der Waals surface area contributed by atoms with Crippen LogP contribution in [0.2, 0.25) is 0 Å². The van der Waals surface area contributed by atoms with Gasteiger partial charge in [-0.05, 0) is 30.0 Å². The number of benzene rings is 2. The molecule has 3 aromatic rings. The van der Waals surface area contributed by atoms with Crippen LogP contribution in [0.25, 0.3) is 17.0 Å². The number of rotatable bonds is 5. The molecule has 3 heterocycles. The molecule has 2 aromatic carbocycles. The van der Waals surface area contributed by atoms with E-state index in [0.29, 0.717) is 38.4 Å². The van der Waals surface area contributed by atoms with Gasteiger partial charge in [-0.15, -0.1) is 0 Å². The van der Waals surface area contributed by atoms with E-state index in [1.54, 1.807) is 29.2 Å². The predicted octanol–water partition coefficient (Wildman–Crippen LogP) is 3.72. The van der Waals surface area contributed by atoms with E-state index in [4.69, 9.17) is 4.74 Å². The average molecular weight is 480 g/mol. The average Bonchev–Trinajstić information content (AvgIpc) is 3.33. The summed E-state index contributed by atoms with van der Waals surface area (Å²) in [6.45, 7) is 1.85. The van der Waals surface area contributed by atoms with Crippen LogP contribution in [-0.2, 0) is 20.9 Å². The Bertz CT molecular complexity index is 1310. The highest BCUT2D eigenvalue weighted by Crippen LogP contribution is 2.34. The lowest BCUT2D eigenvalue weighted by Gasteiger charge is -2.28. The van der Waals surface area contributed by atoms with E-state index in [9.17, 15) is 18.8 Å². The molecule has 0 unspecified atom stereocenters. The van der Waals surface area contributed by atoms with Gasteiger partial charge in [-0.2, -0.15) is 0 Å². The molecule has 2 fully saturated rings. The van der Waals surface area contributed by atoms with Crippen LogP contribution < -0.4 is 0 Å². The molecule has 0 radical (unpaired) electrons. The number of nitrogens with zero attached hydrogens (tertiary/aromatic N) is 3. The van der Waals surface area contributed by atoms with Gasteiger partial charge in [-0.3, -0.25) is 19.3 Å². The van der Waals surface area contributed by atoms with E-state index in [1.165, 1.54) is 6.07 Å². The van der Waals surface area contributed by atoms with Crippen LogP contribution in [0.4, 0.5) is 9.18 Å². The summed E-state index contributed by atoms with van der Waals surface area (Å²) in [5.74, 6) is -1.04. The Balaban J connectivity index is 1.41. The Morgan fingerprint density at radius 3 is 2.59 bits per heavy atom. The molecule has 2 aliphatic rings. The summed E-state index contributed by atoms with van der Waals surface area (Å²) in [6, 6.07) is 14.2. The second kappa shape index (κ2) is 9.44. The summed E-state index contributed by atoms with van der Waals surface area (Å²) >= 11 is 0.823. The standard InChI is InChI=1S/C25H22FN3O4S/c26-20-7-3-1-5-17(20)14-28-15-18(19-6-2-4-8-21(19)28)13-22-24(31)29(25(32)34-22)16-23(30)27-9-11-33-12-10-27/h1-8,13,15H,9-12,14,16H2/b22-13+. The summed E-state index contributed by atoms with van der Waals surface area (Å²) in [5, 5.41) is 0.419. The molecule has 0 saturated carbocycles. The minimum absolute atomic E-state index is 0.258. The predicted molar refractivity (Wildman–Crippen MR) is 128 cm³/mol. The maximum absolute atomic E-state index is 14.2. The topological polar surface area (TPSA) is 71.9 Å². The number of thioether (sulfide) groups is 1. The zero-order chi connectivity index (χ0) is 23.7. The Kier molecular flexibility index (Phi) is 6.21. The highest BCUT2D eigenvalue weighted by molar-refractivity contribution is 8.18. The number of para-hydroxylation sites is 1. The van der Waals surface area contributed by atoms with Crippen LogP contribution >= 0.6 is 11.8 Å². The third kappa shape index (κ3) is 4.36. The molecule has 1 aromatic heterocycles. The van der Waals surface area contributed by atoms with Crippen LogP contribution in [0.5, 0.6) is 0 Å². The fraction of sp³-hybridized carbons (Fsp3) is 0.240. The van der Waals surface area contributed by atoms with Gasteiger partial charge in [0.1, 0.15) is 12.4 Å². The van der Waals surface area contributed by atoms with Crippen molar-refractivity contribution < 1.29 is 23.5 Å². The molecule has 34 heavy (non-hydrogen) atoms. The minimum atomic E-state index is -0.484. The summed E-state index contributed by atoms with van der Waals surface area (Å²) in [6.07, 6.45) is 3.52. The number of ether oxygens (including phenoxy) is 1. The van der Waals surface area contributed by atoms with Crippen molar-refractivity contribution >= 4 is 45.8 Å². The van der Waals surface area contributed by atoms with Crippen LogP contribution in [0, 0.1) is 5.82 Å². The van der Waals surface area contributed by atoms with E-state index in [0.717, 1.165) is 33.1 Å². The Hall–Kier alpha value is -3.43. The number of amides is 3. The number of halogens is 1. The van der Waals surface area contributed by atoms with E-state index in [-0.39, 0.29) is 23.2 Å². The van der Waals surface area contributed by atoms with Crippen molar-refractivity contribution in [2.75, 3.05) is 32.8 Å². The fourth-order valence-electron chi connectivity index (χ4n) is 4.16. The number of imide groups is 1. The van der Waals surface area contributed by atoms with Crippen molar-refractivity contribution in [3.05, 3.63) is 76.6 Å². The molecule has 0 spiro atoms. The Labute approximate surface area is 199 Å². The first-order valence-corrected chi connectivity index (χ1v) is 11.7. The monoisotopic (exact) mass is 479 g/mol. The van der Waals surface area contributed by atoms with Crippen molar-refractivity contribution in [3.63, 3.8) is 0 Å². The molecule has 9 heteroatoms. The summed E-state index contributed by atoms with van der Waals surface area (Å²) in [7, 11) is 0. The summed E-state index contributed by atoms with van der Waals surface area (Å²) in [4.78, 5) is 40.9. The van der Waals surface area contributed by atoms with Crippen molar-refractivity contribution in [1.29, 1.82) is 0 Å². The second-order valence-electron chi connectivity index (χ2n) is 8.08. The lowest BCUT2D eigenvalue weighted by molar-refractivity contribution is -0.139. The number of fused-ring (bicyclic) bond motifs is 1. The largest absolute Gasteiger partial charge is 0.378 e. The maximum atomic E-state index is 14.2. The normalized spacial score (nSPS) is 17.9. The van der Waals surface area contributed by atoms with Gasteiger partial charge in [0.05, 0.1) is 24.7 Å². The third-order valence-electron chi connectivity index (χ3n) is 5.94. The van der Waals surface area contributed by atoms with Gasteiger partial charge < -0.3 is 14.2 Å². The lowest BCUT2D eigenvalue weighted by atomic mass is 10.1. The van der Waals surface area contributed by atoms with Gasteiger partial charge in [0.25, 0.3) is 11.1 Å².